The number of rotatable bonds is 3. The number of hydrogen-bond acceptors (Lipinski definition) is 2. The summed E-state index contributed by atoms with van der Waals surface area (Å²) in [6.45, 7) is 6.99. The van der Waals surface area contributed by atoms with Gasteiger partial charge in [-0.1, -0.05) is 111 Å². The topological polar surface area (TPSA) is 25.2 Å². The summed E-state index contributed by atoms with van der Waals surface area (Å²) < 4.78 is 6.69. The Kier molecular flexibility index (Phi) is 4.84. The van der Waals surface area contributed by atoms with E-state index in [0.29, 0.717) is 0 Å². The molecular weight excluding hydrogens is 522 g/mol. The Labute approximate surface area is 251 Å². The van der Waals surface area contributed by atoms with E-state index in [4.69, 9.17) is 4.42 Å². The van der Waals surface area contributed by atoms with E-state index in [1.165, 1.54) is 50.1 Å². The highest BCUT2D eigenvalue weighted by Gasteiger charge is 2.42. The summed E-state index contributed by atoms with van der Waals surface area (Å²) in [7, 11) is 0. The van der Waals surface area contributed by atoms with Crippen LogP contribution in [-0.2, 0) is 10.8 Å². The summed E-state index contributed by atoms with van der Waals surface area (Å²) in [4.78, 5) is 0. The third kappa shape index (κ3) is 3.24. The number of para-hydroxylation sites is 1. The molecule has 0 fully saturated rings. The van der Waals surface area contributed by atoms with Crippen molar-refractivity contribution in [3.05, 3.63) is 155 Å². The van der Waals surface area contributed by atoms with E-state index in [2.05, 4.69) is 153 Å². The second-order valence-corrected chi connectivity index (χ2v) is 12.8. The maximum Gasteiger partial charge on any atom is 0.139 e. The van der Waals surface area contributed by atoms with Crippen LogP contribution in [0.2, 0.25) is 0 Å². The molecule has 1 aromatic heterocycles. The lowest BCUT2D eigenvalue weighted by atomic mass is 9.74. The Morgan fingerprint density at radius 2 is 1.02 bits per heavy atom. The first kappa shape index (κ1) is 24.5. The molecule has 2 aliphatic carbocycles. The van der Waals surface area contributed by atoms with Crippen LogP contribution in [0, 0.1) is 0 Å². The van der Waals surface area contributed by atoms with Crippen LogP contribution in [0.5, 0.6) is 0 Å². The fraction of sp³-hybridized carbons (Fsp3) is 0.122. The lowest BCUT2D eigenvalue weighted by Gasteiger charge is -2.28. The average molecular weight is 554 g/mol. The van der Waals surface area contributed by atoms with Gasteiger partial charge in [-0.05, 0) is 81.8 Å². The molecule has 0 radical (unpaired) electrons. The molecule has 1 N–H and O–H groups in total. The first-order valence-electron chi connectivity index (χ1n) is 15.1. The van der Waals surface area contributed by atoms with Crippen molar-refractivity contribution in [3.8, 4) is 22.3 Å². The molecule has 2 heteroatoms. The zero-order chi connectivity index (χ0) is 28.9. The fourth-order valence-corrected chi connectivity index (χ4v) is 7.96. The van der Waals surface area contributed by atoms with E-state index in [1.807, 2.05) is 0 Å². The predicted octanol–water partition coefficient (Wildman–Crippen LogP) is 11.0. The standard InChI is InChI=1S/C41H31NO/c1-40(2)33-15-7-4-11-27(33)30-21-19-26(24-37(30)40)42-25-20-22-38-32(23-25)31-14-10-18-36(39(31)43-38)41(3)34-16-8-5-12-28(34)29-13-6-9-17-35(29)41/h4-24,42H,1-3H3. The second kappa shape index (κ2) is 8.49. The van der Waals surface area contributed by atoms with Gasteiger partial charge < -0.3 is 9.73 Å². The molecule has 0 aliphatic heterocycles. The van der Waals surface area contributed by atoms with Crippen LogP contribution in [0.3, 0.4) is 0 Å². The van der Waals surface area contributed by atoms with E-state index in [1.54, 1.807) is 0 Å². The van der Waals surface area contributed by atoms with Gasteiger partial charge in [-0.3, -0.25) is 0 Å². The predicted molar refractivity (Wildman–Crippen MR) is 178 cm³/mol. The van der Waals surface area contributed by atoms with Crippen molar-refractivity contribution in [2.24, 2.45) is 0 Å². The molecule has 206 valence electrons. The van der Waals surface area contributed by atoms with Crippen molar-refractivity contribution in [1.29, 1.82) is 0 Å². The van der Waals surface area contributed by atoms with E-state index < -0.39 is 0 Å². The molecule has 0 amide bonds. The number of fused-ring (bicyclic) bond motifs is 9. The SMILES string of the molecule is CC1(C)c2ccccc2-c2ccc(Nc3ccc4oc5c(C6(C)c7ccccc7-c7ccccc76)cccc5c4c3)cc21. The fourth-order valence-electron chi connectivity index (χ4n) is 7.96. The maximum absolute atomic E-state index is 6.69. The van der Waals surface area contributed by atoms with Gasteiger partial charge in [-0.15, -0.1) is 0 Å². The van der Waals surface area contributed by atoms with Crippen molar-refractivity contribution in [1.82, 2.24) is 0 Å². The number of furan rings is 1. The summed E-state index contributed by atoms with van der Waals surface area (Å²) >= 11 is 0. The highest BCUT2D eigenvalue weighted by molar-refractivity contribution is 6.08. The maximum atomic E-state index is 6.69. The molecule has 0 saturated carbocycles. The average Bonchev–Trinajstić information content (AvgIpc) is 3.62. The number of benzene rings is 6. The van der Waals surface area contributed by atoms with Crippen molar-refractivity contribution in [2.75, 3.05) is 5.32 Å². The molecule has 2 nitrogen and oxygen atoms in total. The molecule has 6 aromatic carbocycles. The highest BCUT2D eigenvalue weighted by Crippen LogP contribution is 2.54. The summed E-state index contributed by atoms with van der Waals surface area (Å²) in [6.07, 6.45) is 0. The molecule has 0 unspecified atom stereocenters. The van der Waals surface area contributed by atoms with Gasteiger partial charge in [0.1, 0.15) is 11.2 Å². The molecule has 9 rings (SSSR count). The normalized spacial score (nSPS) is 15.2. The molecule has 2 aliphatic rings. The van der Waals surface area contributed by atoms with Gasteiger partial charge in [0.25, 0.3) is 0 Å². The van der Waals surface area contributed by atoms with E-state index in [0.717, 1.165) is 33.3 Å². The summed E-state index contributed by atoms with van der Waals surface area (Å²) in [6, 6.07) is 46.3. The third-order valence-electron chi connectivity index (χ3n) is 10.1. The first-order chi connectivity index (χ1) is 20.9. The van der Waals surface area contributed by atoms with Crippen LogP contribution in [0.15, 0.2) is 132 Å². The molecular formula is C41H31NO. The van der Waals surface area contributed by atoms with Crippen molar-refractivity contribution >= 4 is 33.3 Å². The Morgan fingerprint density at radius 3 is 1.74 bits per heavy atom. The highest BCUT2D eigenvalue weighted by atomic mass is 16.3. The first-order valence-corrected chi connectivity index (χ1v) is 15.1. The van der Waals surface area contributed by atoms with Gasteiger partial charge in [-0.25, -0.2) is 0 Å². The van der Waals surface area contributed by atoms with Crippen LogP contribution in [0.25, 0.3) is 44.2 Å². The molecule has 43 heavy (non-hydrogen) atoms. The largest absolute Gasteiger partial charge is 0.456 e. The number of hydrogen-bond donors (Lipinski definition) is 1. The van der Waals surface area contributed by atoms with Crippen LogP contribution in [-0.4, -0.2) is 0 Å². The second-order valence-electron chi connectivity index (χ2n) is 12.8. The molecule has 0 atom stereocenters. The lowest BCUT2D eigenvalue weighted by molar-refractivity contribution is 0.638. The van der Waals surface area contributed by atoms with Crippen molar-refractivity contribution in [2.45, 2.75) is 31.6 Å². The van der Waals surface area contributed by atoms with E-state index in [-0.39, 0.29) is 10.8 Å². The van der Waals surface area contributed by atoms with Gasteiger partial charge in [0, 0.05) is 38.5 Å². The van der Waals surface area contributed by atoms with Gasteiger partial charge in [0.2, 0.25) is 0 Å². The minimum atomic E-state index is -0.309. The Bertz CT molecular complexity index is 2220. The van der Waals surface area contributed by atoms with Crippen LogP contribution in [0.1, 0.15) is 48.6 Å². The lowest BCUT2D eigenvalue weighted by Crippen LogP contribution is -2.22. The summed E-state index contributed by atoms with van der Waals surface area (Å²) in [5.41, 5.74) is 15.6. The molecule has 7 aromatic rings. The van der Waals surface area contributed by atoms with Gasteiger partial charge in [0.15, 0.2) is 0 Å². The third-order valence-corrected chi connectivity index (χ3v) is 10.1. The van der Waals surface area contributed by atoms with Crippen molar-refractivity contribution in [3.63, 3.8) is 0 Å². The molecule has 1 heterocycles. The molecule has 0 spiro atoms. The Balaban J connectivity index is 1.15. The van der Waals surface area contributed by atoms with Crippen LogP contribution < -0.4 is 5.32 Å². The minimum Gasteiger partial charge on any atom is -0.456 e. The van der Waals surface area contributed by atoms with Crippen molar-refractivity contribution < 1.29 is 4.42 Å². The quantitative estimate of drug-likeness (QED) is 0.235. The van der Waals surface area contributed by atoms with Crippen LogP contribution in [0.4, 0.5) is 11.4 Å². The summed E-state index contributed by atoms with van der Waals surface area (Å²) in [5.74, 6) is 0. The molecule has 0 saturated heterocycles. The number of nitrogens with one attached hydrogen (secondary N) is 1. The van der Waals surface area contributed by atoms with Gasteiger partial charge in [0.05, 0.1) is 0 Å². The Morgan fingerprint density at radius 1 is 0.465 bits per heavy atom. The minimum absolute atomic E-state index is 0.0294. The Hall–Kier alpha value is -5.08. The van der Waals surface area contributed by atoms with Crippen LogP contribution >= 0.6 is 0 Å². The van der Waals surface area contributed by atoms with Gasteiger partial charge >= 0.3 is 0 Å². The summed E-state index contributed by atoms with van der Waals surface area (Å²) in [5, 5.41) is 5.97. The zero-order valence-electron chi connectivity index (χ0n) is 24.5. The monoisotopic (exact) mass is 553 g/mol. The zero-order valence-corrected chi connectivity index (χ0v) is 24.5. The van der Waals surface area contributed by atoms with E-state index in [9.17, 15) is 0 Å². The van der Waals surface area contributed by atoms with Gasteiger partial charge in [-0.2, -0.15) is 0 Å². The smallest absolute Gasteiger partial charge is 0.139 e. The number of anilines is 2. The van der Waals surface area contributed by atoms with E-state index >= 15 is 0 Å². The molecule has 0 bridgehead atoms.